The van der Waals surface area contributed by atoms with E-state index in [4.69, 9.17) is 25.8 Å². The van der Waals surface area contributed by atoms with Crippen LogP contribution in [0.15, 0.2) is 29.6 Å². The summed E-state index contributed by atoms with van der Waals surface area (Å²) >= 11 is 7.37. The third kappa shape index (κ3) is 6.01. The fourth-order valence-corrected chi connectivity index (χ4v) is 4.84. The number of aromatic nitrogens is 1. The first-order valence-corrected chi connectivity index (χ1v) is 12.1. The van der Waals surface area contributed by atoms with Crippen LogP contribution in [0.25, 0.3) is 0 Å². The molecule has 0 saturated carbocycles. The molecule has 11 heteroatoms. The smallest absolute Gasteiger partial charge is 0.322 e. The second kappa shape index (κ2) is 10.8. The number of anilines is 1. The maximum absolute atomic E-state index is 12.9. The van der Waals surface area contributed by atoms with Gasteiger partial charge in [0.05, 0.1) is 26.4 Å². The van der Waals surface area contributed by atoms with E-state index in [0.29, 0.717) is 73.7 Å². The summed E-state index contributed by atoms with van der Waals surface area (Å²) in [6.07, 6.45) is 1.31. The van der Waals surface area contributed by atoms with Gasteiger partial charge in [0.15, 0.2) is 5.79 Å². The van der Waals surface area contributed by atoms with Crippen molar-refractivity contribution in [1.82, 2.24) is 14.8 Å². The number of nitrogens with one attached hydrogen (secondary N) is 1. The zero-order valence-corrected chi connectivity index (χ0v) is 20.0. The summed E-state index contributed by atoms with van der Waals surface area (Å²) in [6.45, 7) is 3.35. The molecule has 2 fully saturated rings. The lowest BCUT2D eigenvalue weighted by atomic mass is 10.0. The lowest BCUT2D eigenvalue weighted by Crippen LogP contribution is -2.47. The van der Waals surface area contributed by atoms with Gasteiger partial charge in [-0.2, -0.15) is 0 Å². The number of amides is 3. The lowest BCUT2D eigenvalue weighted by molar-refractivity contribution is -0.181. The highest BCUT2D eigenvalue weighted by molar-refractivity contribution is 7.09. The summed E-state index contributed by atoms with van der Waals surface area (Å²) in [6, 6.07) is 6.66. The van der Waals surface area contributed by atoms with E-state index in [9.17, 15) is 9.59 Å². The highest BCUT2D eigenvalue weighted by Gasteiger charge is 2.41. The van der Waals surface area contributed by atoms with Gasteiger partial charge in [0, 0.05) is 55.7 Å². The number of piperidine rings is 1. The van der Waals surface area contributed by atoms with Crippen LogP contribution >= 0.6 is 22.9 Å². The zero-order chi connectivity index (χ0) is 23.3. The number of benzene rings is 1. The van der Waals surface area contributed by atoms with Crippen molar-refractivity contribution in [3.05, 3.63) is 45.4 Å². The summed E-state index contributed by atoms with van der Waals surface area (Å²) in [7, 11) is 1.58. The quantitative estimate of drug-likeness (QED) is 0.633. The number of rotatable bonds is 7. The Labute approximate surface area is 201 Å². The molecule has 33 heavy (non-hydrogen) atoms. The van der Waals surface area contributed by atoms with Crippen LogP contribution in [0.3, 0.4) is 0 Å². The van der Waals surface area contributed by atoms with Crippen molar-refractivity contribution in [2.75, 3.05) is 51.9 Å². The average Bonchev–Trinajstić information content (AvgIpc) is 3.46. The molecule has 2 aliphatic rings. The minimum absolute atomic E-state index is 0.114. The molecular weight excluding hydrogens is 468 g/mol. The van der Waals surface area contributed by atoms with Gasteiger partial charge in [-0.3, -0.25) is 4.79 Å². The molecule has 178 valence electrons. The van der Waals surface area contributed by atoms with Gasteiger partial charge in [-0.1, -0.05) is 17.7 Å². The van der Waals surface area contributed by atoms with E-state index in [1.54, 1.807) is 46.6 Å². The molecule has 2 aliphatic heterocycles. The Morgan fingerprint density at radius 2 is 2.06 bits per heavy atom. The van der Waals surface area contributed by atoms with Gasteiger partial charge in [0.25, 0.3) is 5.91 Å². The highest BCUT2D eigenvalue weighted by atomic mass is 35.5. The number of nitrogens with zero attached hydrogens (tertiary/aromatic N) is 3. The zero-order valence-electron chi connectivity index (χ0n) is 18.4. The van der Waals surface area contributed by atoms with E-state index in [1.807, 2.05) is 0 Å². The molecule has 0 radical (unpaired) electrons. The van der Waals surface area contributed by atoms with E-state index >= 15 is 0 Å². The van der Waals surface area contributed by atoms with Gasteiger partial charge in [-0.05, 0) is 18.2 Å². The molecule has 1 spiro atoms. The Bertz CT molecular complexity index is 971. The molecule has 3 amide bonds. The number of halogens is 1. The van der Waals surface area contributed by atoms with E-state index in [-0.39, 0.29) is 18.5 Å². The third-order valence-corrected chi connectivity index (χ3v) is 6.72. The molecule has 1 aromatic heterocycles. The largest absolute Gasteiger partial charge is 0.383 e. The molecule has 2 saturated heterocycles. The number of urea groups is 1. The van der Waals surface area contributed by atoms with Gasteiger partial charge in [0.1, 0.15) is 10.7 Å². The molecule has 0 bridgehead atoms. The van der Waals surface area contributed by atoms with E-state index in [1.165, 1.54) is 11.3 Å². The van der Waals surface area contributed by atoms with Crippen molar-refractivity contribution >= 4 is 40.6 Å². The topological polar surface area (TPSA) is 93.2 Å². The van der Waals surface area contributed by atoms with Crippen molar-refractivity contribution in [3.63, 3.8) is 0 Å². The van der Waals surface area contributed by atoms with Crippen LogP contribution in [0.5, 0.6) is 0 Å². The van der Waals surface area contributed by atoms with Gasteiger partial charge >= 0.3 is 6.03 Å². The number of hydrogen-bond acceptors (Lipinski definition) is 7. The molecule has 3 heterocycles. The van der Waals surface area contributed by atoms with Crippen LogP contribution in [0.2, 0.25) is 5.02 Å². The van der Waals surface area contributed by atoms with Crippen LogP contribution in [0, 0.1) is 0 Å². The summed E-state index contributed by atoms with van der Waals surface area (Å²) in [4.78, 5) is 33.7. The fourth-order valence-electron chi connectivity index (χ4n) is 3.87. The number of carbonyl (C=O) groups is 2. The summed E-state index contributed by atoms with van der Waals surface area (Å²) in [5.74, 6) is -0.639. The number of ether oxygens (including phenoxy) is 3. The summed E-state index contributed by atoms with van der Waals surface area (Å²) < 4.78 is 16.6. The molecule has 0 unspecified atom stereocenters. The predicted molar refractivity (Wildman–Crippen MR) is 125 cm³/mol. The van der Waals surface area contributed by atoms with Crippen molar-refractivity contribution in [2.24, 2.45) is 0 Å². The Hall–Kier alpha value is -2.24. The second-order valence-electron chi connectivity index (χ2n) is 7.88. The number of methoxy groups -OCH3 is 1. The molecule has 0 aliphatic carbocycles. The van der Waals surface area contributed by atoms with Crippen LogP contribution in [0.1, 0.15) is 28.3 Å². The molecule has 9 nitrogen and oxygen atoms in total. The van der Waals surface area contributed by atoms with Crippen LogP contribution < -0.4 is 5.32 Å². The molecule has 0 atom stereocenters. The molecule has 4 rings (SSSR count). The van der Waals surface area contributed by atoms with E-state index < -0.39 is 5.79 Å². The molecule has 1 aromatic carbocycles. The number of carbonyl (C=O) groups excluding carboxylic acids is 2. The van der Waals surface area contributed by atoms with Crippen LogP contribution in [-0.2, 0) is 20.8 Å². The standard InChI is InChI=1S/C22H27ClN4O5S/c1-30-10-9-27(21(29)24-17-4-2-3-16(23)13-17)14-19-25-18(15-33-19)20(28)26-7-5-22(6-8-26)31-11-12-32-22/h2-4,13,15H,5-12,14H2,1H3,(H,24,29). The minimum atomic E-state index is -0.526. The van der Waals surface area contributed by atoms with Crippen LogP contribution in [-0.4, -0.2) is 79.1 Å². The first kappa shape index (κ1) is 23.9. The summed E-state index contributed by atoms with van der Waals surface area (Å²) in [5, 5.41) is 5.80. The number of hydrogen-bond donors (Lipinski definition) is 1. The fraction of sp³-hybridized carbons (Fsp3) is 0.500. The van der Waals surface area contributed by atoms with Crippen molar-refractivity contribution in [2.45, 2.75) is 25.2 Å². The Kier molecular flexibility index (Phi) is 7.82. The number of likely N-dealkylation sites (tertiary alicyclic amines) is 1. The third-order valence-electron chi connectivity index (χ3n) is 5.65. The predicted octanol–water partition coefficient (Wildman–Crippen LogP) is 3.46. The molecular formula is C22H27ClN4O5S. The number of thiazole rings is 1. The van der Waals surface area contributed by atoms with Crippen molar-refractivity contribution in [1.29, 1.82) is 0 Å². The van der Waals surface area contributed by atoms with Gasteiger partial charge < -0.3 is 29.3 Å². The molecule has 1 N–H and O–H groups in total. The van der Waals surface area contributed by atoms with Gasteiger partial charge in [-0.15, -0.1) is 11.3 Å². The Morgan fingerprint density at radius 1 is 1.30 bits per heavy atom. The Balaban J connectivity index is 1.37. The van der Waals surface area contributed by atoms with Gasteiger partial charge in [0.2, 0.25) is 0 Å². The van der Waals surface area contributed by atoms with Gasteiger partial charge in [-0.25, -0.2) is 9.78 Å². The SMILES string of the molecule is COCCN(Cc1nc(C(=O)N2CCC3(CC2)OCCO3)cs1)C(=O)Nc1cccc(Cl)c1. The van der Waals surface area contributed by atoms with Crippen molar-refractivity contribution < 1.29 is 23.8 Å². The maximum Gasteiger partial charge on any atom is 0.322 e. The van der Waals surface area contributed by atoms with E-state index in [2.05, 4.69) is 10.3 Å². The Morgan fingerprint density at radius 3 is 2.76 bits per heavy atom. The average molecular weight is 495 g/mol. The highest BCUT2D eigenvalue weighted by Crippen LogP contribution is 2.31. The van der Waals surface area contributed by atoms with Crippen LogP contribution in [0.4, 0.5) is 10.5 Å². The van der Waals surface area contributed by atoms with E-state index in [0.717, 1.165) is 0 Å². The normalized spacial score (nSPS) is 17.3. The second-order valence-corrected chi connectivity index (χ2v) is 9.26. The van der Waals surface area contributed by atoms with Crippen molar-refractivity contribution in [3.8, 4) is 0 Å². The first-order valence-electron chi connectivity index (χ1n) is 10.8. The monoisotopic (exact) mass is 494 g/mol. The molecule has 2 aromatic rings. The first-order chi connectivity index (χ1) is 16.0. The maximum atomic E-state index is 12.9. The summed E-state index contributed by atoms with van der Waals surface area (Å²) in [5.41, 5.74) is 0.990. The lowest BCUT2D eigenvalue weighted by Gasteiger charge is -2.37. The minimum Gasteiger partial charge on any atom is -0.383 e.